The third-order valence-electron chi connectivity index (χ3n) is 3.68. The van der Waals surface area contributed by atoms with Crippen LogP contribution >= 0.6 is 0 Å². The van der Waals surface area contributed by atoms with Gasteiger partial charge in [0.15, 0.2) is 0 Å². The number of carbonyl (C=O) groups is 1. The van der Waals surface area contributed by atoms with E-state index in [1.165, 1.54) is 0 Å². The van der Waals surface area contributed by atoms with Crippen molar-refractivity contribution in [2.45, 2.75) is 32.6 Å². The fourth-order valence-electron chi connectivity index (χ4n) is 2.61. The lowest BCUT2D eigenvalue weighted by atomic mass is 9.96. The largest absolute Gasteiger partial charge is 0.478 e. The van der Waals surface area contributed by atoms with Crippen molar-refractivity contribution in [1.29, 1.82) is 0 Å². The van der Waals surface area contributed by atoms with Gasteiger partial charge < -0.3 is 14.8 Å². The molecule has 0 saturated carbocycles. The van der Waals surface area contributed by atoms with Gasteiger partial charge in [0.25, 0.3) is 0 Å². The summed E-state index contributed by atoms with van der Waals surface area (Å²) in [4.78, 5) is 11.5. The maximum absolute atomic E-state index is 11.5. The predicted molar refractivity (Wildman–Crippen MR) is 79.4 cm³/mol. The van der Waals surface area contributed by atoms with Crippen LogP contribution in [0.3, 0.4) is 0 Å². The lowest BCUT2D eigenvalue weighted by Crippen LogP contribution is -2.02. The molecule has 0 saturated heterocycles. The van der Waals surface area contributed by atoms with Gasteiger partial charge >= 0.3 is 5.97 Å². The van der Waals surface area contributed by atoms with Gasteiger partial charge in [-0.1, -0.05) is 13.8 Å². The molecule has 0 radical (unpaired) electrons. The summed E-state index contributed by atoms with van der Waals surface area (Å²) in [6, 6.07) is 3.85. The van der Waals surface area contributed by atoms with Crippen molar-refractivity contribution in [2.24, 2.45) is 7.05 Å². The minimum Gasteiger partial charge on any atom is -0.478 e. The lowest BCUT2D eigenvalue weighted by Gasteiger charge is -2.10. The number of nitrogens with zero attached hydrogens (tertiary/aromatic N) is 1. The Morgan fingerprint density at radius 3 is 2.60 bits per heavy atom. The number of hydrogen-bond donors (Lipinski definition) is 2. The van der Waals surface area contributed by atoms with Crippen LogP contribution in [-0.2, 0) is 13.5 Å². The maximum Gasteiger partial charge on any atom is 0.337 e. The van der Waals surface area contributed by atoms with E-state index < -0.39 is 5.97 Å². The van der Waals surface area contributed by atoms with E-state index in [0.717, 1.165) is 28.5 Å². The molecule has 0 bridgehead atoms. The van der Waals surface area contributed by atoms with E-state index in [4.69, 9.17) is 5.11 Å². The van der Waals surface area contributed by atoms with E-state index in [9.17, 15) is 9.90 Å². The fourth-order valence-corrected chi connectivity index (χ4v) is 2.61. The van der Waals surface area contributed by atoms with Crippen LogP contribution in [0.5, 0.6) is 0 Å². The van der Waals surface area contributed by atoms with Crippen molar-refractivity contribution in [2.75, 3.05) is 6.61 Å². The topological polar surface area (TPSA) is 62.5 Å². The summed E-state index contributed by atoms with van der Waals surface area (Å²) >= 11 is 0. The van der Waals surface area contributed by atoms with Crippen LogP contribution < -0.4 is 0 Å². The van der Waals surface area contributed by atoms with Gasteiger partial charge in [-0.25, -0.2) is 4.79 Å². The Balaban J connectivity index is 2.70. The Morgan fingerprint density at radius 1 is 1.35 bits per heavy atom. The highest BCUT2D eigenvalue weighted by molar-refractivity contribution is 6.03. The molecule has 0 aliphatic carbocycles. The van der Waals surface area contributed by atoms with Crippen LogP contribution in [0.25, 0.3) is 10.9 Å². The summed E-state index contributed by atoms with van der Waals surface area (Å²) in [6.07, 6.45) is 3.42. The van der Waals surface area contributed by atoms with Crippen LogP contribution in [0.15, 0.2) is 18.3 Å². The van der Waals surface area contributed by atoms with E-state index in [2.05, 4.69) is 19.9 Å². The molecule has 0 spiro atoms. The summed E-state index contributed by atoms with van der Waals surface area (Å²) in [5, 5.41) is 19.4. The molecule has 108 valence electrons. The average Bonchev–Trinajstić information content (AvgIpc) is 2.72. The van der Waals surface area contributed by atoms with E-state index in [1.54, 1.807) is 6.07 Å². The van der Waals surface area contributed by atoms with Gasteiger partial charge in [-0.15, -0.1) is 0 Å². The number of carboxylic acids is 1. The Bertz CT molecular complexity index is 641. The van der Waals surface area contributed by atoms with Crippen molar-refractivity contribution < 1.29 is 15.0 Å². The molecule has 1 heterocycles. The number of aliphatic hydroxyl groups excluding tert-OH is 1. The molecule has 0 amide bonds. The molecular formula is C16H21NO3. The highest BCUT2D eigenvalue weighted by atomic mass is 16.4. The first-order valence-electron chi connectivity index (χ1n) is 6.91. The average molecular weight is 275 g/mol. The number of carboxylic acid groups (broad SMARTS) is 1. The SMILES string of the molecule is CC(C)c1cc(C(=O)O)c2c(c1)c(CCCO)cn2C. The number of aromatic nitrogens is 1. The molecule has 4 nitrogen and oxygen atoms in total. The van der Waals surface area contributed by atoms with Crippen molar-refractivity contribution in [3.8, 4) is 0 Å². The Hall–Kier alpha value is -1.81. The number of benzene rings is 1. The van der Waals surface area contributed by atoms with Gasteiger partial charge in [0.2, 0.25) is 0 Å². The molecule has 0 atom stereocenters. The summed E-state index contributed by atoms with van der Waals surface area (Å²) < 4.78 is 1.87. The lowest BCUT2D eigenvalue weighted by molar-refractivity contribution is 0.0698. The van der Waals surface area contributed by atoms with Gasteiger partial charge in [0, 0.05) is 25.2 Å². The van der Waals surface area contributed by atoms with Crippen LogP contribution in [0.4, 0.5) is 0 Å². The normalized spacial score (nSPS) is 11.4. The van der Waals surface area contributed by atoms with Crippen molar-refractivity contribution in [1.82, 2.24) is 4.57 Å². The van der Waals surface area contributed by atoms with Gasteiger partial charge in [-0.2, -0.15) is 0 Å². The number of aliphatic hydroxyl groups is 1. The van der Waals surface area contributed by atoms with E-state index >= 15 is 0 Å². The predicted octanol–water partition coefficient (Wildman–Crippen LogP) is 2.92. The standard InChI is InChI=1S/C16H21NO3/c1-10(2)12-7-13-11(5-4-6-18)9-17(3)15(13)14(8-12)16(19)20/h7-10,18H,4-6H2,1-3H3,(H,19,20). The molecule has 0 fully saturated rings. The fraction of sp³-hybridized carbons (Fsp3) is 0.438. The van der Waals surface area contributed by atoms with Crippen molar-refractivity contribution in [3.05, 3.63) is 35.0 Å². The highest BCUT2D eigenvalue weighted by Crippen LogP contribution is 2.29. The third-order valence-corrected chi connectivity index (χ3v) is 3.68. The second-order valence-corrected chi connectivity index (χ2v) is 5.52. The van der Waals surface area contributed by atoms with Crippen LogP contribution in [0.1, 0.15) is 47.7 Å². The molecular weight excluding hydrogens is 254 g/mol. The van der Waals surface area contributed by atoms with E-state index in [1.807, 2.05) is 17.8 Å². The quantitative estimate of drug-likeness (QED) is 0.882. The molecule has 1 aromatic heterocycles. The summed E-state index contributed by atoms with van der Waals surface area (Å²) in [5.41, 5.74) is 3.24. The second kappa shape index (κ2) is 5.67. The smallest absolute Gasteiger partial charge is 0.337 e. The molecule has 20 heavy (non-hydrogen) atoms. The van der Waals surface area contributed by atoms with Crippen LogP contribution in [0, 0.1) is 0 Å². The zero-order chi connectivity index (χ0) is 14.9. The molecule has 2 rings (SSSR count). The first kappa shape index (κ1) is 14.6. The zero-order valence-corrected chi connectivity index (χ0v) is 12.2. The van der Waals surface area contributed by atoms with Gasteiger partial charge in [0.1, 0.15) is 0 Å². The molecule has 2 N–H and O–H groups in total. The number of rotatable bonds is 5. The van der Waals surface area contributed by atoms with Crippen molar-refractivity contribution >= 4 is 16.9 Å². The molecule has 0 aliphatic heterocycles. The number of aryl methyl sites for hydroxylation is 2. The monoisotopic (exact) mass is 275 g/mol. The van der Waals surface area contributed by atoms with E-state index in [0.29, 0.717) is 12.0 Å². The first-order chi connectivity index (χ1) is 9.45. The van der Waals surface area contributed by atoms with Gasteiger partial charge in [0.05, 0.1) is 11.1 Å². The number of aromatic carboxylic acids is 1. The highest BCUT2D eigenvalue weighted by Gasteiger charge is 2.17. The van der Waals surface area contributed by atoms with Crippen LogP contribution in [0.2, 0.25) is 0 Å². The summed E-state index contributed by atoms with van der Waals surface area (Å²) in [6.45, 7) is 4.26. The first-order valence-corrected chi connectivity index (χ1v) is 6.91. The summed E-state index contributed by atoms with van der Waals surface area (Å²) in [5.74, 6) is -0.615. The molecule has 0 unspecified atom stereocenters. The number of hydrogen-bond acceptors (Lipinski definition) is 2. The van der Waals surface area contributed by atoms with Crippen LogP contribution in [-0.4, -0.2) is 27.4 Å². The third kappa shape index (κ3) is 2.56. The van der Waals surface area contributed by atoms with E-state index in [-0.39, 0.29) is 12.5 Å². The molecule has 0 aliphatic rings. The Kier molecular flexibility index (Phi) is 4.14. The van der Waals surface area contributed by atoms with Crippen molar-refractivity contribution in [3.63, 3.8) is 0 Å². The summed E-state index contributed by atoms with van der Waals surface area (Å²) in [7, 11) is 1.87. The van der Waals surface area contributed by atoms with Gasteiger partial charge in [-0.3, -0.25) is 0 Å². The molecule has 4 heteroatoms. The minimum absolute atomic E-state index is 0.145. The second-order valence-electron chi connectivity index (χ2n) is 5.52. The Morgan fingerprint density at radius 2 is 2.05 bits per heavy atom. The van der Waals surface area contributed by atoms with Gasteiger partial charge in [-0.05, 0) is 42.0 Å². The zero-order valence-electron chi connectivity index (χ0n) is 12.2. The maximum atomic E-state index is 11.5. The molecule has 2 aromatic rings. The Labute approximate surface area is 118 Å². The number of fused-ring (bicyclic) bond motifs is 1. The molecule has 1 aromatic carbocycles. The minimum atomic E-state index is -0.896.